The predicted octanol–water partition coefficient (Wildman–Crippen LogP) is 1.70. The fraction of sp³-hybridized carbons (Fsp3) is 0.286. The molecule has 3 rings (SSSR count). The monoisotopic (exact) mass is 412 g/mol. The van der Waals surface area contributed by atoms with Crippen LogP contribution in [0.1, 0.15) is 10.4 Å². The zero-order valence-corrected chi connectivity index (χ0v) is 17.3. The Morgan fingerprint density at radius 1 is 1.03 bits per heavy atom. The van der Waals surface area contributed by atoms with Gasteiger partial charge in [-0.2, -0.15) is 0 Å². The number of rotatable bonds is 8. The number of nitrogens with one attached hydrogen (secondary N) is 1. The van der Waals surface area contributed by atoms with Crippen LogP contribution < -0.4 is 25.2 Å². The van der Waals surface area contributed by atoms with Gasteiger partial charge >= 0.3 is 5.69 Å². The average molecular weight is 412 g/mol. The normalized spacial score (nSPS) is 10.5. The largest absolute Gasteiger partial charge is 0.493 e. The van der Waals surface area contributed by atoms with Gasteiger partial charge in [-0.05, 0) is 12.1 Å². The maximum atomic E-state index is 12.6. The summed E-state index contributed by atoms with van der Waals surface area (Å²) in [5.74, 6) is 1.41. The summed E-state index contributed by atoms with van der Waals surface area (Å²) in [7, 11) is 6.13. The molecule has 0 aliphatic rings. The minimum absolute atomic E-state index is 0.223. The Morgan fingerprint density at radius 3 is 2.23 bits per heavy atom. The smallest absolute Gasteiger partial charge is 0.345 e. The van der Waals surface area contributed by atoms with Crippen LogP contribution in [-0.4, -0.2) is 48.1 Å². The highest BCUT2D eigenvalue weighted by Crippen LogP contribution is 2.38. The summed E-state index contributed by atoms with van der Waals surface area (Å²) in [5.41, 5.74) is 0.941. The van der Waals surface area contributed by atoms with Crippen molar-refractivity contribution in [3.05, 3.63) is 58.5 Å². The topological polar surface area (TPSA) is 96.6 Å². The van der Waals surface area contributed by atoms with Gasteiger partial charge in [0.1, 0.15) is 0 Å². The Bertz CT molecular complexity index is 1060. The first-order valence-corrected chi connectivity index (χ1v) is 9.27. The van der Waals surface area contributed by atoms with Crippen molar-refractivity contribution in [1.82, 2.24) is 19.7 Å². The van der Waals surface area contributed by atoms with Crippen LogP contribution in [0.2, 0.25) is 0 Å². The first-order valence-electron chi connectivity index (χ1n) is 9.27. The Labute approximate surface area is 173 Å². The Kier molecular flexibility index (Phi) is 6.41. The fourth-order valence-corrected chi connectivity index (χ4v) is 3.06. The zero-order valence-electron chi connectivity index (χ0n) is 17.3. The molecule has 0 atom stereocenters. The maximum Gasteiger partial charge on any atom is 0.345 e. The van der Waals surface area contributed by atoms with Crippen molar-refractivity contribution in [1.29, 1.82) is 0 Å². The summed E-state index contributed by atoms with van der Waals surface area (Å²) in [6.45, 7) is 0.455. The average Bonchev–Trinajstić information content (AvgIpc) is 3.07. The molecule has 2 aromatic carbocycles. The van der Waals surface area contributed by atoms with Crippen LogP contribution in [-0.2, 0) is 13.6 Å². The van der Waals surface area contributed by atoms with Gasteiger partial charge in [-0.25, -0.2) is 9.48 Å². The molecule has 9 heteroatoms. The van der Waals surface area contributed by atoms with E-state index in [2.05, 4.69) is 10.4 Å². The molecular weight excluding hydrogens is 388 g/mol. The number of hydrogen-bond donors (Lipinski definition) is 1. The Balaban J connectivity index is 1.72. The minimum atomic E-state index is -0.332. The molecule has 0 saturated heterocycles. The van der Waals surface area contributed by atoms with Crippen molar-refractivity contribution in [3.8, 4) is 28.6 Å². The highest BCUT2D eigenvalue weighted by molar-refractivity contribution is 5.95. The molecule has 3 aromatic rings. The molecule has 9 nitrogen and oxygen atoms in total. The molecule has 0 aliphatic carbocycles. The number of carbonyl (C=O) groups is 1. The van der Waals surface area contributed by atoms with E-state index in [4.69, 9.17) is 14.2 Å². The summed E-state index contributed by atoms with van der Waals surface area (Å²) in [5, 5.41) is 7.17. The van der Waals surface area contributed by atoms with E-state index in [-0.39, 0.29) is 24.7 Å². The number of hydrogen-bond acceptors (Lipinski definition) is 6. The van der Waals surface area contributed by atoms with Gasteiger partial charge in [0, 0.05) is 24.7 Å². The summed E-state index contributed by atoms with van der Waals surface area (Å²) < 4.78 is 18.6. The van der Waals surface area contributed by atoms with Gasteiger partial charge < -0.3 is 19.5 Å². The lowest BCUT2D eigenvalue weighted by molar-refractivity contribution is 0.0951. The van der Waals surface area contributed by atoms with E-state index >= 15 is 0 Å². The number of amides is 1. The van der Waals surface area contributed by atoms with E-state index in [0.717, 1.165) is 5.56 Å². The minimum Gasteiger partial charge on any atom is -0.493 e. The van der Waals surface area contributed by atoms with E-state index in [1.54, 1.807) is 19.2 Å². The van der Waals surface area contributed by atoms with Gasteiger partial charge in [-0.1, -0.05) is 30.3 Å². The summed E-state index contributed by atoms with van der Waals surface area (Å²) >= 11 is 0. The highest BCUT2D eigenvalue weighted by atomic mass is 16.5. The van der Waals surface area contributed by atoms with Crippen LogP contribution in [0.4, 0.5) is 0 Å². The maximum absolute atomic E-state index is 12.6. The molecule has 0 spiro atoms. The molecule has 0 unspecified atom stereocenters. The molecule has 1 aromatic heterocycles. The van der Waals surface area contributed by atoms with Crippen LogP contribution in [0.3, 0.4) is 0 Å². The molecule has 0 bridgehead atoms. The molecule has 0 radical (unpaired) electrons. The van der Waals surface area contributed by atoms with Gasteiger partial charge in [0.05, 0.1) is 27.9 Å². The van der Waals surface area contributed by atoms with E-state index in [0.29, 0.717) is 28.6 Å². The van der Waals surface area contributed by atoms with Gasteiger partial charge in [0.15, 0.2) is 17.3 Å². The van der Waals surface area contributed by atoms with Crippen molar-refractivity contribution in [2.24, 2.45) is 7.05 Å². The third kappa shape index (κ3) is 4.14. The van der Waals surface area contributed by atoms with E-state index in [1.807, 2.05) is 30.3 Å². The van der Waals surface area contributed by atoms with E-state index in [1.165, 1.54) is 30.6 Å². The van der Waals surface area contributed by atoms with Gasteiger partial charge in [0.25, 0.3) is 5.91 Å². The van der Waals surface area contributed by atoms with E-state index < -0.39 is 0 Å². The first-order chi connectivity index (χ1) is 14.5. The van der Waals surface area contributed by atoms with Crippen molar-refractivity contribution in [2.75, 3.05) is 27.9 Å². The number of methoxy groups -OCH3 is 3. The molecular formula is C21H24N4O5. The molecule has 0 fully saturated rings. The van der Waals surface area contributed by atoms with Crippen molar-refractivity contribution < 1.29 is 19.0 Å². The number of nitrogens with zero attached hydrogens (tertiary/aromatic N) is 3. The quantitative estimate of drug-likeness (QED) is 0.605. The van der Waals surface area contributed by atoms with Crippen molar-refractivity contribution in [2.45, 2.75) is 6.54 Å². The lowest BCUT2D eigenvalue weighted by Gasteiger charge is -2.14. The SMILES string of the molecule is COc1cc(C(=O)NCCn2nc(-c3ccccc3)n(C)c2=O)cc(OC)c1OC. The van der Waals surface area contributed by atoms with Crippen LogP contribution in [0.5, 0.6) is 17.2 Å². The molecule has 1 amide bonds. The van der Waals surface area contributed by atoms with Gasteiger partial charge in [-0.15, -0.1) is 5.10 Å². The predicted molar refractivity (Wildman–Crippen MR) is 111 cm³/mol. The molecule has 1 N–H and O–H groups in total. The second-order valence-electron chi connectivity index (χ2n) is 6.42. The lowest BCUT2D eigenvalue weighted by atomic mass is 10.1. The van der Waals surface area contributed by atoms with Crippen LogP contribution in [0, 0.1) is 0 Å². The van der Waals surface area contributed by atoms with Crippen molar-refractivity contribution in [3.63, 3.8) is 0 Å². The highest BCUT2D eigenvalue weighted by Gasteiger charge is 2.17. The second kappa shape index (κ2) is 9.17. The molecule has 158 valence electrons. The molecule has 0 aliphatic heterocycles. The number of aromatic nitrogens is 3. The van der Waals surface area contributed by atoms with Crippen LogP contribution >= 0.6 is 0 Å². The Morgan fingerprint density at radius 2 is 1.67 bits per heavy atom. The zero-order chi connectivity index (χ0) is 21.7. The van der Waals surface area contributed by atoms with E-state index in [9.17, 15) is 9.59 Å². The third-order valence-electron chi connectivity index (χ3n) is 4.61. The second-order valence-corrected chi connectivity index (χ2v) is 6.42. The first kappa shape index (κ1) is 21.0. The van der Waals surface area contributed by atoms with Crippen LogP contribution in [0.15, 0.2) is 47.3 Å². The van der Waals surface area contributed by atoms with Crippen LogP contribution in [0.25, 0.3) is 11.4 Å². The Hall–Kier alpha value is -3.75. The number of benzene rings is 2. The number of carbonyl (C=O) groups excluding carboxylic acids is 1. The summed E-state index contributed by atoms with van der Waals surface area (Å²) in [6.07, 6.45) is 0. The van der Waals surface area contributed by atoms with Gasteiger partial charge in [-0.3, -0.25) is 9.36 Å². The molecule has 0 saturated carbocycles. The van der Waals surface area contributed by atoms with Crippen molar-refractivity contribution >= 4 is 5.91 Å². The van der Waals surface area contributed by atoms with Gasteiger partial charge in [0.2, 0.25) is 5.75 Å². The molecule has 1 heterocycles. The lowest BCUT2D eigenvalue weighted by Crippen LogP contribution is -2.31. The number of ether oxygens (including phenoxy) is 3. The summed E-state index contributed by atoms with van der Waals surface area (Å²) in [4.78, 5) is 25.0. The molecule has 30 heavy (non-hydrogen) atoms. The summed E-state index contributed by atoms with van der Waals surface area (Å²) in [6, 6.07) is 12.6. The standard InChI is InChI=1S/C21H24N4O5/c1-24-19(14-8-6-5-7-9-14)23-25(21(24)27)11-10-22-20(26)15-12-16(28-2)18(30-4)17(13-15)29-3/h5-9,12-13H,10-11H2,1-4H3,(H,22,26). The fourth-order valence-electron chi connectivity index (χ4n) is 3.06. The third-order valence-corrected chi connectivity index (χ3v) is 4.61.